The molecule has 0 bridgehead atoms. The molecule has 1 aromatic carbocycles. The number of amides is 2. The molecule has 0 radical (unpaired) electrons. The first-order valence-corrected chi connectivity index (χ1v) is 7.95. The summed E-state index contributed by atoms with van der Waals surface area (Å²) >= 11 is 0. The normalized spacial score (nSPS) is 16.3. The summed E-state index contributed by atoms with van der Waals surface area (Å²) in [6.07, 6.45) is -4.39. The maximum atomic E-state index is 12.4. The van der Waals surface area contributed by atoms with Gasteiger partial charge in [0, 0.05) is 24.7 Å². The second-order valence-corrected chi connectivity index (χ2v) is 6.33. The molecular formula is C17H21F3N2O2. The van der Waals surface area contributed by atoms with Gasteiger partial charge in [0.2, 0.25) is 5.91 Å². The third-order valence-corrected chi connectivity index (χ3v) is 4.24. The van der Waals surface area contributed by atoms with Crippen molar-refractivity contribution in [2.75, 3.05) is 18.4 Å². The zero-order chi connectivity index (χ0) is 17.9. The lowest BCUT2D eigenvalue weighted by molar-refractivity contribution is -0.186. The zero-order valence-corrected chi connectivity index (χ0v) is 13.7. The number of benzene rings is 1. The van der Waals surface area contributed by atoms with Crippen molar-refractivity contribution in [2.45, 2.75) is 38.8 Å². The van der Waals surface area contributed by atoms with E-state index in [-0.39, 0.29) is 37.8 Å². The van der Waals surface area contributed by atoms with Gasteiger partial charge in [0.15, 0.2) is 0 Å². The minimum Gasteiger partial charge on any atom is -0.335 e. The molecule has 0 aliphatic carbocycles. The van der Waals surface area contributed by atoms with Gasteiger partial charge in [0.25, 0.3) is 0 Å². The van der Waals surface area contributed by atoms with Crippen LogP contribution >= 0.6 is 0 Å². The summed E-state index contributed by atoms with van der Waals surface area (Å²) in [4.78, 5) is 24.2. The van der Waals surface area contributed by atoms with Crippen molar-refractivity contribution in [3.8, 4) is 0 Å². The second-order valence-electron chi connectivity index (χ2n) is 6.33. The molecule has 1 fully saturated rings. The van der Waals surface area contributed by atoms with E-state index in [0.29, 0.717) is 11.6 Å². The summed E-state index contributed by atoms with van der Waals surface area (Å²) in [5.41, 5.74) is 1.82. The van der Waals surface area contributed by atoms with E-state index in [2.05, 4.69) is 19.2 Å². The number of likely N-dealkylation sites (tertiary alicyclic amines) is 1. The third-order valence-electron chi connectivity index (χ3n) is 4.24. The van der Waals surface area contributed by atoms with Crippen molar-refractivity contribution in [1.29, 1.82) is 0 Å². The lowest BCUT2D eigenvalue weighted by Gasteiger charge is -2.31. The molecule has 1 N–H and O–H groups in total. The van der Waals surface area contributed by atoms with E-state index in [9.17, 15) is 22.8 Å². The highest BCUT2D eigenvalue weighted by Gasteiger charge is 2.43. The SMILES string of the molecule is CC(C)c1ccc(NC(=O)C2CCN(C(=O)C(F)(F)F)CC2)cc1. The molecule has 132 valence electrons. The number of anilines is 1. The molecule has 4 nitrogen and oxygen atoms in total. The van der Waals surface area contributed by atoms with Gasteiger partial charge in [-0.1, -0.05) is 26.0 Å². The molecule has 0 saturated carbocycles. The van der Waals surface area contributed by atoms with Crippen LogP contribution in [-0.4, -0.2) is 36.0 Å². The maximum Gasteiger partial charge on any atom is 0.471 e. The number of alkyl halides is 3. The smallest absolute Gasteiger partial charge is 0.335 e. The van der Waals surface area contributed by atoms with Gasteiger partial charge in [-0.05, 0) is 36.5 Å². The number of rotatable bonds is 3. The van der Waals surface area contributed by atoms with E-state index < -0.39 is 12.1 Å². The van der Waals surface area contributed by atoms with Crippen LogP contribution < -0.4 is 5.32 Å². The fourth-order valence-corrected chi connectivity index (χ4v) is 2.72. The highest BCUT2D eigenvalue weighted by Crippen LogP contribution is 2.25. The van der Waals surface area contributed by atoms with Crippen molar-refractivity contribution in [2.24, 2.45) is 5.92 Å². The summed E-state index contributed by atoms with van der Waals surface area (Å²) in [5.74, 6) is -2.03. The molecule has 0 aromatic heterocycles. The Hall–Kier alpha value is -2.05. The van der Waals surface area contributed by atoms with Crippen LogP contribution in [0.25, 0.3) is 0 Å². The zero-order valence-electron chi connectivity index (χ0n) is 13.7. The fourth-order valence-electron chi connectivity index (χ4n) is 2.72. The molecule has 1 heterocycles. The highest BCUT2D eigenvalue weighted by atomic mass is 19.4. The van der Waals surface area contributed by atoms with Crippen molar-refractivity contribution in [1.82, 2.24) is 4.90 Å². The van der Waals surface area contributed by atoms with Crippen molar-refractivity contribution in [3.05, 3.63) is 29.8 Å². The summed E-state index contributed by atoms with van der Waals surface area (Å²) < 4.78 is 37.2. The van der Waals surface area contributed by atoms with E-state index in [1.54, 1.807) is 0 Å². The largest absolute Gasteiger partial charge is 0.471 e. The number of carbonyl (C=O) groups excluding carboxylic acids is 2. The van der Waals surface area contributed by atoms with Gasteiger partial charge in [0.1, 0.15) is 0 Å². The van der Waals surface area contributed by atoms with Gasteiger partial charge >= 0.3 is 12.1 Å². The van der Waals surface area contributed by atoms with E-state index in [4.69, 9.17) is 0 Å². The average Bonchev–Trinajstić information content (AvgIpc) is 2.54. The molecule has 2 amide bonds. The lowest BCUT2D eigenvalue weighted by atomic mass is 9.95. The molecule has 0 spiro atoms. The van der Waals surface area contributed by atoms with Crippen molar-refractivity contribution in [3.63, 3.8) is 0 Å². The highest BCUT2D eigenvalue weighted by molar-refractivity contribution is 5.92. The number of nitrogens with one attached hydrogen (secondary N) is 1. The van der Waals surface area contributed by atoms with Crippen LogP contribution in [-0.2, 0) is 9.59 Å². The second kappa shape index (κ2) is 7.23. The Labute approximate surface area is 139 Å². The van der Waals surface area contributed by atoms with Crippen LogP contribution in [0.2, 0.25) is 0 Å². The molecular weight excluding hydrogens is 321 g/mol. The first kappa shape index (κ1) is 18.3. The standard InChI is InChI=1S/C17H21F3N2O2/c1-11(2)12-3-5-14(6-4-12)21-15(23)13-7-9-22(10-8-13)16(24)17(18,19)20/h3-6,11,13H,7-10H2,1-2H3,(H,21,23). The topological polar surface area (TPSA) is 49.4 Å². The van der Waals surface area contributed by atoms with Crippen LogP contribution in [0.3, 0.4) is 0 Å². The fraction of sp³-hybridized carbons (Fsp3) is 0.529. The van der Waals surface area contributed by atoms with Gasteiger partial charge in [-0.3, -0.25) is 9.59 Å². The Morgan fingerprint density at radius 3 is 2.12 bits per heavy atom. The number of nitrogens with zero attached hydrogens (tertiary/aromatic N) is 1. The Morgan fingerprint density at radius 2 is 1.67 bits per heavy atom. The van der Waals surface area contributed by atoms with E-state index in [0.717, 1.165) is 10.5 Å². The van der Waals surface area contributed by atoms with Crippen molar-refractivity contribution >= 4 is 17.5 Å². The predicted octanol–water partition coefficient (Wildman–Crippen LogP) is 3.55. The minimum absolute atomic E-state index is 0.0529. The molecule has 0 atom stereocenters. The first-order chi connectivity index (χ1) is 11.2. The molecule has 7 heteroatoms. The van der Waals surface area contributed by atoms with Crippen LogP contribution in [0.5, 0.6) is 0 Å². The lowest BCUT2D eigenvalue weighted by Crippen LogP contribution is -2.46. The Morgan fingerprint density at radius 1 is 1.12 bits per heavy atom. The molecule has 0 unspecified atom stereocenters. The summed E-state index contributed by atoms with van der Waals surface area (Å²) in [6, 6.07) is 7.50. The van der Waals surface area contributed by atoms with Gasteiger partial charge in [-0.25, -0.2) is 0 Å². The number of hydrogen-bond acceptors (Lipinski definition) is 2. The van der Waals surface area contributed by atoms with Gasteiger partial charge in [0.05, 0.1) is 0 Å². The monoisotopic (exact) mass is 342 g/mol. The maximum absolute atomic E-state index is 12.4. The van der Waals surface area contributed by atoms with Crippen LogP contribution in [0.15, 0.2) is 24.3 Å². The summed E-state index contributed by atoms with van der Waals surface area (Å²) in [5, 5.41) is 2.79. The predicted molar refractivity (Wildman–Crippen MR) is 84.5 cm³/mol. The van der Waals surface area contributed by atoms with Crippen molar-refractivity contribution < 1.29 is 22.8 Å². The average molecular weight is 342 g/mol. The van der Waals surface area contributed by atoms with Crippen LogP contribution in [0.1, 0.15) is 38.2 Å². The van der Waals surface area contributed by atoms with Gasteiger partial charge in [-0.2, -0.15) is 13.2 Å². The van der Waals surface area contributed by atoms with E-state index >= 15 is 0 Å². The molecule has 2 rings (SSSR count). The molecule has 1 aliphatic heterocycles. The summed E-state index contributed by atoms with van der Waals surface area (Å²) in [7, 11) is 0. The molecule has 1 aliphatic rings. The minimum atomic E-state index is -4.85. The Kier molecular flexibility index (Phi) is 5.51. The van der Waals surface area contributed by atoms with Crippen LogP contribution in [0.4, 0.5) is 18.9 Å². The Balaban J connectivity index is 1.88. The molecule has 1 aromatic rings. The Bertz CT molecular complexity index is 589. The number of hydrogen-bond donors (Lipinski definition) is 1. The number of halogens is 3. The quantitative estimate of drug-likeness (QED) is 0.913. The molecule has 1 saturated heterocycles. The van der Waals surface area contributed by atoms with E-state index in [1.165, 1.54) is 0 Å². The van der Waals surface area contributed by atoms with Crippen LogP contribution in [0, 0.1) is 5.92 Å². The van der Waals surface area contributed by atoms with Gasteiger partial charge in [-0.15, -0.1) is 0 Å². The first-order valence-electron chi connectivity index (χ1n) is 7.95. The number of carbonyl (C=O) groups is 2. The number of piperidine rings is 1. The summed E-state index contributed by atoms with van der Waals surface area (Å²) in [6.45, 7) is 4.04. The van der Waals surface area contributed by atoms with Gasteiger partial charge < -0.3 is 10.2 Å². The molecule has 24 heavy (non-hydrogen) atoms. The van der Waals surface area contributed by atoms with E-state index in [1.807, 2.05) is 24.3 Å². The third kappa shape index (κ3) is 4.49.